The van der Waals surface area contributed by atoms with Gasteiger partial charge in [0, 0.05) is 18.5 Å². The van der Waals surface area contributed by atoms with Crippen molar-refractivity contribution < 1.29 is 9.08 Å². The predicted molar refractivity (Wildman–Crippen MR) is 246 cm³/mol. The van der Waals surface area contributed by atoms with Crippen molar-refractivity contribution in [2.75, 3.05) is 7.11 Å². The normalized spacial score (nSPS) is 47.0. The molecule has 8 aliphatic rings. The topological polar surface area (TPSA) is 64.4 Å². The molecule has 8 saturated carbocycles. The van der Waals surface area contributed by atoms with Crippen molar-refractivity contribution in [3.05, 3.63) is 0 Å². The van der Waals surface area contributed by atoms with E-state index >= 15 is 0 Å². The third-order valence-electron chi connectivity index (χ3n) is 21.1. The first-order chi connectivity index (χ1) is 27.6. The van der Waals surface area contributed by atoms with Crippen LogP contribution in [0.3, 0.4) is 0 Å². The largest absolute Gasteiger partial charge is 0.353 e. The number of halogens is 1. The summed E-state index contributed by atoms with van der Waals surface area (Å²) in [4.78, 5) is 12.1. The average Bonchev–Trinajstić information content (AvgIpc) is 3.72. The molecule has 1 amide bonds. The second kappa shape index (κ2) is 19.6. The van der Waals surface area contributed by atoms with Gasteiger partial charge in [-0.05, 0) is 215 Å². The molecule has 13 unspecified atom stereocenters. The molecular weight excluding hydrogens is 732 g/mol. The summed E-state index contributed by atoms with van der Waals surface area (Å²) in [6, 6.07) is 0.939. The van der Waals surface area contributed by atoms with Gasteiger partial charge in [0.15, 0.2) is 0 Å². The average molecular weight is 828 g/mol. The van der Waals surface area contributed by atoms with Gasteiger partial charge < -0.3 is 11.1 Å². The van der Waals surface area contributed by atoms with Crippen LogP contribution in [0.25, 0.3) is 0 Å². The minimum absolute atomic E-state index is 0.282. The highest BCUT2D eigenvalue weighted by molar-refractivity contribution is 6.07. The van der Waals surface area contributed by atoms with Gasteiger partial charge >= 0.3 is 0 Å². The monoisotopic (exact) mass is 827 g/mol. The first kappa shape index (κ1) is 47.2. The van der Waals surface area contributed by atoms with Gasteiger partial charge in [0.1, 0.15) is 0 Å². The van der Waals surface area contributed by atoms with Crippen LogP contribution in [-0.4, -0.2) is 25.1 Å². The smallest absolute Gasteiger partial charge is 0.220 e. The van der Waals surface area contributed by atoms with Gasteiger partial charge in [-0.2, -0.15) is 0 Å². The molecule has 0 aromatic heterocycles. The van der Waals surface area contributed by atoms with Crippen LogP contribution in [0.15, 0.2) is 0 Å². The van der Waals surface area contributed by atoms with Crippen LogP contribution < -0.4 is 11.1 Å². The fraction of sp³-hybridized carbons (Fsp3) is 0.981. The van der Waals surface area contributed by atoms with Crippen molar-refractivity contribution in [1.29, 1.82) is 0 Å². The molecule has 0 spiro atoms. The summed E-state index contributed by atoms with van der Waals surface area (Å²) in [5.41, 5.74) is 8.83. The maximum absolute atomic E-state index is 12.1. The van der Waals surface area contributed by atoms with Crippen LogP contribution in [0.2, 0.25) is 0 Å². The molecule has 0 bridgehead atoms. The fourth-order valence-corrected chi connectivity index (χ4v) is 18.0. The molecule has 0 radical (unpaired) electrons. The van der Waals surface area contributed by atoms with E-state index in [4.69, 9.17) is 5.73 Å². The summed E-state index contributed by atoms with van der Waals surface area (Å²) in [6.45, 7) is 22.6. The number of carbonyl (C=O) groups is 1. The highest BCUT2D eigenvalue weighted by Gasteiger charge is 2.62. The number of nitrogens with one attached hydrogen (secondary N) is 1. The predicted octanol–water partition coefficient (Wildman–Crippen LogP) is 14.6. The molecular formula is C53H95ClN2O2. The lowest BCUT2D eigenvalue weighted by Gasteiger charge is -2.61. The van der Waals surface area contributed by atoms with E-state index in [1.165, 1.54) is 148 Å². The Hall–Kier alpha value is -0.320. The minimum atomic E-state index is 0.282. The molecule has 0 heterocycles. The first-order valence-electron chi connectivity index (χ1n) is 25.8. The van der Waals surface area contributed by atoms with Crippen molar-refractivity contribution in [3.8, 4) is 0 Å². The Kier molecular flexibility index (Phi) is 15.9. The standard InChI is InChI=1S/C27H49N.C25H43NO.CH3ClO/c1-18(2)7-6-8-19(3)23-11-12-24-22-10-9-20-17-21(28)13-15-26(20,4)25(22)14-16-27(23,24)5;1-5-7-23(27)26-19-12-14-25(4)18(16-19)8-10-20-21-11-9-17(6-2)24(21,3)15-13-22(20)25;1-3-2/h18-25H,6-17,28H2,1-5H3;17-22H,5-16H2,1-4H3,(H,26,27);1H3/t;17-,18?,19+,20?,21?,22?,24+,25-;/m.0./s1. The maximum atomic E-state index is 12.1. The van der Waals surface area contributed by atoms with E-state index in [9.17, 15) is 4.79 Å². The Morgan fingerprint density at radius 1 is 0.690 bits per heavy atom. The highest BCUT2D eigenvalue weighted by atomic mass is 35.5. The van der Waals surface area contributed by atoms with E-state index in [0.717, 1.165) is 77.4 Å². The lowest BCUT2D eigenvalue weighted by molar-refractivity contribution is -0.127. The Morgan fingerprint density at radius 2 is 1.22 bits per heavy atom. The van der Waals surface area contributed by atoms with Gasteiger partial charge in [0.25, 0.3) is 0 Å². The van der Waals surface area contributed by atoms with Gasteiger partial charge in [-0.1, -0.05) is 88.0 Å². The van der Waals surface area contributed by atoms with Crippen molar-refractivity contribution in [3.63, 3.8) is 0 Å². The van der Waals surface area contributed by atoms with Crippen LogP contribution in [0.5, 0.6) is 0 Å². The quantitative estimate of drug-likeness (QED) is 0.243. The van der Waals surface area contributed by atoms with Crippen molar-refractivity contribution >= 4 is 17.8 Å². The van der Waals surface area contributed by atoms with Crippen molar-refractivity contribution in [2.45, 2.75) is 228 Å². The summed E-state index contributed by atoms with van der Waals surface area (Å²) in [5.74, 6) is 11.8. The molecule has 8 aliphatic carbocycles. The summed E-state index contributed by atoms with van der Waals surface area (Å²) in [6.07, 6.45) is 33.2. The molecule has 0 aromatic carbocycles. The second-order valence-corrected chi connectivity index (χ2v) is 24.4. The summed E-state index contributed by atoms with van der Waals surface area (Å²) < 4.78 is 3.72. The van der Waals surface area contributed by atoms with Gasteiger partial charge in [-0.25, -0.2) is 0 Å². The zero-order valence-electron chi connectivity index (χ0n) is 39.8. The molecule has 0 saturated heterocycles. The molecule has 17 atom stereocenters. The Morgan fingerprint density at radius 3 is 1.83 bits per heavy atom. The van der Waals surface area contributed by atoms with Crippen LogP contribution in [-0.2, 0) is 9.08 Å². The number of nitrogens with two attached hydrogens (primary N) is 1. The Balaban J connectivity index is 0.000000183. The van der Waals surface area contributed by atoms with Gasteiger partial charge in [0.05, 0.1) is 19.0 Å². The molecule has 5 heteroatoms. The van der Waals surface area contributed by atoms with Gasteiger partial charge in [-0.15, -0.1) is 0 Å². The van der Waals surface area contributed by atoms with Crippen LogP contribution in [0.4, 0.5) is 0 Å². The third-order valence-corrected chi connectivity index (χ3v) is 21.1. The molecule has 0 aromatic rings. The SMILES string of the molecule is CC(C)CCCC(C)C1CCC2C3CCC4CC(N)CCC4(C)C3CCC12C.CCCC(=O)N[C@@H]1CC[C@@]2(C)C(CCC3C2CC[C@@]2(C)C3CC[C@@H]2CC)C1.COCl. The van der Waals surface area contributed by atoms with Crippen LogP contribution >= 0.6 is 11.9 Å². The van der Waals surface area contributed by atoms with E-state index in [-0.39, 0.29) is 5.91 Å². The van der Waals surface area contributed by atoms with Gasteiger partial charge in [-0.3, -0.25) is 9.08 Å². The number of carbonyl (C=O) groups excluding carboxylic acids is 1. The molecule has 4 nitrogen and oxygen atoms in total. The Labute approximate surface area is 364 Å². The summed E-state index contributed by atoms with van der Waals surface area (Å²) in [5, 5.41) is 3.36. The maximum Gasteiger partial charge on any atom is 0.220 e. The van der Waals surface area contributed by atoms with Crippen LogP contribution in [0.1, 0.15) is 216 Å². The summed E-state index contributed by atoms with van der Waals surface area (Å²) >= 11 is 4.50. The van der Waals surface area contributed by atoms with E-state index in [2.05, 4.69) is 83.8 Å². The number of hydrogen-bond acceptors (Lipinski definition) is 3. The van der Waals surface area contributed by atoms with Crippen molar-refractivity contribution in [2.24, 2.45) is 98.4 Å². The number of rotatable bonds is 9. The molecule has 3 N–H and O–H groups in total. The summed E-state index contributed by atoms with van der Waals surface area (Å²) in [7, 11) is 1.39. The third kappa shape index (κ3) is 9.18. The van der Waals surface area contributed by atoms with E-state index in [1.54, 1.807) is 0 Å². The zero-order chi connectivity index (χ0) is 42.0. The van der Waals surface area contributed by atoms with E-state index in [1.807, 2.05) is 0 Å². The minimum Gasteiger partial charge on any atom is -0.353 e. The van der Waals surface area contributed by atoms with E-state index in [0.29, 0.717) is 40.2 Å². The molecule has 58 heavy (non-hydrogen) atoms. The fourth-order valence-electron chi connectivity index (χ4n) is 18.0. The first-order valence-corrected chi connectivity index (χ1v) is 26.1. The second-order valence-electron chi connectivity index (χ2n) is 24.0. The number of fused-ring (bicyclic) bond motifs is 10. The highest BCUT2D eigenvalue weighted by Crippen LogP contribution is 2.70. The Bertz CT molecular complexity index is 1320. The lowest BCUT2D eigenvalue weighted by atomic mass is 9.44. The van der Waals surface area contributed by atoms with Gasteiger partial charge in [0.2, 0.25) is 5.91 Å². The van der Waals surface area contributed by atoms with Crippen molar-refractivity contribution in [1.82, 2.24) is 5.32 Å². The lowest BCUT2D eigenvalue weighted by Crippen LogP contribution is -2.55. The molecule has 0 aliphatic heterocycles. The van der Waals surface area contributed by atoms with E-state index < -0.39 is 0 Å². The molecule has 8 rings (SSSR count). The number of amides is 1. The number of hydrogen-bond donors (Lipinski definition) is 2. The van der Waals surface area contributed by atoms with Crippen LogP contribution in [0, 0.1) is 92.7 Å². The molecule has 336 valence electrons. The zero-order valence-corrected chi connectivity index (χ0v) is 40.6. The molecule has 8 fully saturated rings.